The number of rotatable bonds is 18. The topological polar surface area (TPSA) is 293 Å². The van der Waals surface area contributed by atoms with E-state index < -0.39 is 120 Å². The van der Waals surface area contributed by atoms with Gasteiger partial charge in [0.2, 0.25) is 35.4 Å². The van der Waals surface area contributed by atoms with Crippen molar-refractivity contribution in [3.05, 3.63) is 70.8 Å². The second kappa shape index (κ2) is 29.4. The van der Waals surface area contributed by atoms with E-state index in [-0.39, 0.29) is 63.0 Å². The van der Waals surface area contributed by atoms with E-state index in [9.17, 15) is 48.6 Å². The SMILES string of the molecule is CC(C)(C)OC(=O)N[C@@H](CO)C(=O)N[C@H](C(=O)N1C[C@@H](OCC#CC#CCO[C@H]2C[C@@H](C(=O)N[C@@H]3CCCc4ccccc43)N(C(=O)[C@@H](NC(=O)[C@H](CO)NC(=O)OC(C)(C)C)C(C)(C)C)C2)C[C@H]1C(=O)N[C@@H]1CCCc2ccccc21)C(C)(C)C. The summed E-state index contributed by atoms with van der Waals surface area (Å²) in [5.41, 5.74) is 0.714. The normalized spacial score (nSPS) is 21.6. The van der Waals surface area contributed by atoms with E-state index in [1.807, 2.05) is 48.5 Å². The van der Waals surface area contributed by atoms with Crippen LogP contribution in [-0.4, -0.2) is 167 Å². The quantitative estimate of drug-likeness (QED) is 0.0973. The van der Waals surface area contributed by atoms with Crippen LogP contribution in [0.25, 0.3) is 0 Å². The number of carbonyl (C=O) groups excluding carboxylic acids is 8. The molecule has 0 spiro atoms. The Morgan fingerprint density at radius 2 is 0.907 bits per heavy atom. The summed E-state index contributed by atoms with van der Waals surface area (Å²) in [5, 5.41) is 36.9. The Labute approximate surface area is 506 Å². The molecule has 8 N–H and O–H groups in total. The molecule has 22 heteroatoms. The minimum absolute atomic E-state index is 0.0212. The molecule has 6 rings (SSSR count). The second-order valence-electron chi connectivity index (χ2n) is 26.6. The van der Waals surface area contributed by atoms with E-state index in [4.69, 9.17) is 18.9 Å². The third-order valence-corrected chi connectivity index (χ3v) is 15.3. The highest BCUT2D eigenvalue weighted by Crippen LogP contribution is 2.34. The second-order valence-corrected chi connectivity index (χ2v) is 26.6. The van der Waals surface area contributed by atoms with Gasteiger partial charge in [-0.25, -0.2) is 9.59 Å². The van der Waals surface area contributed by atoms with Gasteiger partial charge in [0.05, 0.1) is 37.5 Å². The smallest absolute Gasteiger partial charge is 0.408 e. The van der Waals surface area contributed by atoms with Gasteiger partial charge in [-0.2, -0.15) is 0 Å². The molecule has 0 radical (unpaired) electrons. The molecule has 10 atom stereocenters. The largest absolute Gasteiger partial charge is 0.444 e. The van der Waals surface area contributed by atoms with Crippen molar-refractivity contribution in [3.63, 3.8) is 0 Å². The summed E-state index contributed by atoms with van der Waals surface area (Å²) in [4.78, 5) is 114. The van der Waals surface area contributed by atoms with E-state index in [1.165, 1.54) is 9.80 Å². The molecule has 0 unspecified atom stereocenters. The molecule has 2 heterocycles. The summed E-state index contributed by atoms with van der Waals surface area (Å²) in [5.74, 6) is 7.71. The Morgan fingerprint density at radius 1 is 0.547 bits per heavy atom. The van der Waals surface area contributed by atoms with Crippen molar-refractivity contribution in [2.24, 2.45) is 10.8 Å². The first kappa shape index (κ1) is 67.9. The summed E-state index contributed by atoms with van der Waals surface area (Å²) >= 11 is 0. The number of hydrogen-bond donors (Lipinski definition) is 8. The fourth-order valence-electron chi connectivity index (χ4n) is 11.0. The van der Waals surface area contributed by atoms with Crippen LogP contribution in [0.1, 0.15) is 156 Å². The van der Waals surface area contributed by atoms with Gasteiger partial charge >= 0.3 is 12.2 Å². The lowest BCUT2D eigenvalue weighted by Gasteiger charge is -2.36. The molecule has 86 heavy (non-hydrogen) atoms. The van der Waals surface area contributed by atoms with Crippen LogP contribution in [-0.2, 0) is 60.6 Å². The molecule has 0 saturated carbocycles. The van der Waals surface area contributed by atoms with E-state index in [0.717, 1.165) is 47.9 Å². The number of aliphatic hydroxyl groups is 2. The molecule has 2 aromatic carbocycles. The zero-order valence-corrected chi connectivity index (χ0v) is 52.0. The Balaban J connectivity index is 1.14. The lowest BCUT2D eigenvalue weighted by molar-refractivity contribution is -0.144. The lowest BCUT2D eigenvalue weighted by atomic mass is 9.85. The van der Waals surface area contributed by atoms with Crippen LogP contribution in [0.2, 0.25) is 0 Å². The number of likely N-dealkylation sites (tertiary alicyclic amines) is 2. The first-order chi connectivity index (χ1) is 40.4. The number of aliphatic hydroxyl groups excluding tert-OH is 2. The molecule has 22 nitrogen and oxygen atoms in total. The number of amides is 8. The standard InChI is InChI=1S/C64H90N8O14/c1-61(2,3)51(69-53(75)47(37-73)67-59(81)85-63(7,8)9)57(79)71-35-41(33-49(71)55(77)65-45-29-21-25-39-23-15-17-27-43(39)45)83-31-19-13-14-20-32-84-42-34-50(56(78)66-46-30-22-26-40-24-16-18-28-44(40)46)72(36-42)58(80)52(62(4,5)6)70-54(76)48(38-74)68-60(82)86-64(10,11)12/h15-18,23-24,27-28,41-42,45-52,73-74H,21-22,25-26,29-38H2,1-12H3,(H,65,77)(H,66,78)(H,67,81)(H,68,82)(H,69,75)(H,70,76)/t41-,42-,45+,46+,47-,48-,49-,50-,51+,52+/m0/s1. The average Bonchev–Trinajstić information content (AvgIpc) is 1.91. The molecular weight excluding hydrogens is 1100 g/mol. The van der Waals surface area contributed by atoms with Gasteiger partial charge in [0.15, 0.2) is 0 Å². The minimum Gasteiger partial charge on any atom is -0.444 e. The average molecular weight is 1200 g/mol. The number of hydrogen-bond acceptors (Lipinski definition) is 14. The molecule has 470 valence electrons. The van der Waals surface area contributed by atoms with Gasteiger partial charge in [0.1, 0.15) is 60.7 Å². The monoisotopic (exact) mass is 1190 g/mol. The molecule has 0 bridgehead atoms. The molecule has 4 aliphatic rings. The maximum Gasteiger partial charge on any atom is 0.408 e. The van der Waals surface area contributed by atoms with Gasteiger partial charge in [-0.3, -0.25) is 28.8 Å². The third kappa shape index (κ3) is 19.1. The van der Waals surface area contributed by atoms with Crippen molar-refractivity contribution >= 4 is 47.6 Å². The molecule has 2 saturated heterocycles. The number of fused-ring (bicyclic) bond motifs is 2. The Hall–Kier alpha value is -7.24. The minimum atomic E-state index is -1.45. The molecule has 2 fully saturated rings. The number of benzene rings is 2. The highest BCUT2D eigenvalue weighted by atomic mass is 16.6. The van der Waals surface area contributed by atoms with Gasteiger partial charge in [0, 0.05) is 25.9 Å². The van der Waals surface area contributed by atoms with Crippen molar-refractivity contribution in [3.8, 4) is 23.7 Å². The van der Waals surface area contributed by atoms with Crippen molar-refractivity contribution in [1.29, 1.82) is 0 Å². The van der Waals surface area contributed by atoms with E-state index in [0.29, 0.717) is 12.8 Å². The van der Waals surface area contributed by atoms with Gasteiger partial charge in [-0.05, 0) is 125 Å². The molecular formula is C64H90N8O14. The number of alkyl carbamates (subject to hydrolysis) is 2. The van der Waals surface area contributed by atoms with Gasteiger partial charge in [-0.15, -0.1) is 0 Å². The summed E-state index contributed by atoms with van der Waals surface area (Å²) in [6.45, 7) is 18.6. The summed E-state index contributed by atoms with van der Waals surface area (Å²) in [7, 11) is 0. The van der Waals surface area contributed by atoms with E-state index in [1.54, 1.807) is 83.1 Å². The van der Waals surface area contributed by atoms with Crippen molar-refractivity contribution < 1.29 is 67.5 Å². The van der Waals surface area contributed by atoms with Crippen LogP contribution >= 0.6 is 0 Å². The van der Waals surface area contributed by atoms with E-state index >= 15 is 0 Å². The summed E-state index contributed by atoms with van der Waals surface area (Å²) < 4.78 is 22.9. The number of nitrogens with one attached hydrogen (secondary N) is 6. The highest BCUT2D eigenvalue weighted by Gasteiger charge is 2.48. The van der Waals surface area contributed by atoms with E-state index in [2.05, 4.69) is 55.6 Å². The third-order valence-electron chi connectivity index (χ3n) is 15.3. The number of aryl methyl sites for hydroxylation is 2. The van der Waals surface area contributed by atoms with Crippen molar-refractivity contribution in [1.82, 2.24) is 41.7 Å². The first-order valence-corrected chi connectivity index (χ1v) is 29.7. The lowest BCUT2D eigenvalue weighted by Crippen LogP contribution is -2.61. The molecule has 2 aliphatic heterocycles. The molecule has 0 aromatic heterocycles. The molecule has 2 aliphatic carbocycles. The highest BCUT2D eigenvalue weighted by molar-refractivity contribution is 5.96. The molecule has 8 amide bonds. The summed E-state index contributed by atoms with van der Waals surface area (Å²) in [6, 6.07) is 7.95. The van der Waals surface area contributed by atoms with Crippen LogP contribution in [0.15, 0.2) is 48.5 Å². The number of nitrogens with zero attached hydrogens (tertiary/aromatic N) is 2. The maximum atomic E-state index is 14.8. The first-order valence-electron chi connectivity index (χ1n) is 29.7. The summed E-state index contributed by atoms with van der Waals surface area (Å²) in [6.07, 6.45) is 1.95. The fourth-order valence-corrected chi connectivity index (χ4v) is 11.0. The van der Waals surface area contributed by atoms with Crippen molar-refractivity contribution in [2.45, 2.75) is 206 Å². The van der Waals surface area contributed by atoms with Crippen LogP contribution in [0.4, 0.5) is 9.59 Å². The maximum absolute atomic E-state index is 14.8. The van der Waals surface area contributed by atoms with Crippen LogP contribution in [0, 0.1) is 34.5 Å². The van der Waals surface area contributed by atoms with Crippen LogP contribution in [0.3, 0.4) is 0 Å². The van der Waals surface area contributed by atoms with Crippen LogP contribution < -0.4 is 31.9 Å². The van der Waals surface area contributed by atoms with Gasteiger partial charge in [-0.1, -0.05) is 102 Å². The molecule has 2 aromatic rings. The Bertz CT molecular complexity index is 2710. The predicted octanol–water partition coefficient (Wildman–Crippen LogP) is 4.19. The number of carbonyl (C=O) groups is 8. The Kier molecular flexibility index (Phi) is 23.2. The van der Waals surface area contributed by atoms with Crippen molar-refractivity contribution in [2.75, 3.05) is 39.5 Å². The van der Waals surface area contributed by atoms with Gasteiger partial charge in [0.25, 0.3) is 0 Å². The fraction of sp³-hybridized carbons (Fsp3) is 0.625. The Morgan fingerprint density at radius 3 is 1.24 bits per heavy atom. The zero-order valence-electron chi connectivity index (χ0n) is 52.0. The zero-order chi connectivity index (χ0) is 63.3. The predicted molar refractivity (Wildman–Crippen MR) is 319 cm³/mol. The number of ether oxygens (including phenoxy) is 4. The van der Waals surface area contributed by atoms with Crippen LogP contribution in [0.5, 0.6) is 0 Å². The van der Waals surface area contributed by atoms with Gasteiger partial charge < -0.3 is 70.9 Å².